The standard InChI is InChI=1S/C22H23BrN2O3/c1-24(2)13-6-14-25-19(15-7-4-3-5-8-15)18(21(27)22(25)28)20(26)16-9-11-17(23)12-10-16/h3-5,7-12,19,26H,6,13-14H2,1-2H3. The summed E-state index contributed by atoms with van der Waals surface area (Å²) in [5, 5.41) is 13.2. The van der Waals surface area contributed by atoms with Crippen LogP contribution < -0.4 is 10.0 Å². The second-order valence-electron chi connectivity index (χ2n) is 7.20. The van der Waals surface area contributed by atoms with E-state index >= 15 is 0 Å². The van der Waals surface area contributed by atoms with Crippen molar-refractivity contribution in [1.29, 1.82) is 0 Å². The lowest BCUT2D eigenvalue weighted by Gasteiger charge is -2.27. The predicted octanol–water partition coefficient (Wildman–Crippen LogP) is 1.21. The molecule has 2 aromatic rings. The molecule has 2 aromatic carbocycles. The molecule has 0 aromatic heterocycles. The molecule has 0 spiro atoms. The molecule has 0 aliphatic carbocycles. The van der Waals surface area contributed by atoms with Gasteiger partial charge in [-0.1, -0.05) is 64.2 Å². The van der Waals surface area contributed by atoms with Crippen LogP contribution in [0.2, 0.25) is 0 Å². The van der Waals surface area contributed by atoms with Gasteiger partial charge in [0, 0.05) is 23.0 Å². The lowest BCUT2D eigenvalue weighted by molar-refractivity contribution is -0.858. The maximum Gasteiger partial charge on any atom is 0.295 e. The first-order chi connectivity index (χ1) is 13.4. The van der Waals surface area contributed by atoms with Gasteiger partial charge in [-0.05, 0) is 23.3 Å². The van der Waals surface area contributed by atoms with Crippen molar-refractivity contribution in [2.75, 3.05) is 27.2 Å². The minimum Gasteiger partial charge on any atom is -0.872 e. The van der Waals surface area contributed by atoms with Gasteiger partial charge in [0.1, 0.15) is 0 Å². The number of carbonyl (C=O) groups is 2. The fourth-order valence-electron chi connectivity index (χ4n) is 3.44. The first-order valence-electron chi connectivity index (χ1n) is 9.26. The average molecular weight is 443 g/mol. The SMILES string of the molecule is C[NH+](C)CCCN1C(=O)C(=O)C(=C([O-])c2ccc(Br)cc2)C1c1ccccc1. The Hall–Kier alpha value is -2.44. The monoisotopic (exact) mass is 442 g/mol. The van der Waals surface area contributed by atoms with Gasteiger partial charge in [0.2, 0.25) is 5.78 Å². The summed E-state index contributed by atoms with van der Waals surface area (Å²) in [4.78, 5) is 28.4. The van der Waals surface area contributed by atoms with Crippen molar-refractivity contribution in [3.05, 3.63) is 75.8 Å². The number of hydrogen-bond donors (Lipinski definition) is 1. The van der Waals surface area contributed by atoms with Crippen molar-refractivity contribution in [1.82, 2.24) is 4.90 Å². The highest BCUT2D eigenvalue weighted by Gasteiger charge is 2.43. The molecule has 0 bridgehead atoms. The molecule has 1 heterocycles. The smallest absolute Gasteiger partial charge is 0.295 e. The molecule has 1 fully saturated rings. The number of Topliss-reactive ketones (excluding diaryl/α,β-unsaturated/α-hetero) is 1. The maximum absolute atomic E-state index is 13.2. The molecule has 3 rings (SSSR count). The van der Waals surface area contributed by atoms with Crippen LogP contribution in [0.5, 0.6) is 0 Å². The van der Waals surface area contributed by atoms with Gasteiger partial charge >= 0.3 is 0 Å². The van der Waals surface area contributed by atoms with Crippen LogP contribution in [-0.2, 0) is 9.59 Å². The van der Waals surface area contributed by atoms with Gasteiger partial charge in [0.05, 0.1) is 26.7 Å². The molecule has 1 N–H and O–H groups in total. The number of rotatable bonds is 6. The predicted molar refractivity (Wildman–Crippen MR) is 109 cm³/mol. The van der Waals surface area contributed by atoms with E-state index in [1.54, 1.807) is 29.2 Å². The van der Waals surface area contributed by atoms with E-state index in [0.717, 1.165) is 23.0 Å². The molecule has 28 heavy (non-hydrogen) atoms. The Balaban J connectivity index is 2.06. The number of hydrogen-bond acceptors (Lipinski definition) is 3. The van der Waals surface area contributed by atoms with E-state index in [-0.39, 0.29) is 11.3 Å². The summed E-state index contributed by atoms with van der Waals surface area (Å²) in [7, 11) is 4.08. The van der Waals surface area contributed by atoms with Crippen LogP contribution >= 0.6 is 15.9 Å². The number of nitrogens with one attached hydrogen (secondary N) is 1. The van der Waals surface area contributed by atoms with Gasteiger partial charge in [-0.15, -0.1) is 0 Å². The highest BCUT2D eigenvalue weighted by Crippen LogP contribution is 2.38. The van der Waals surface area contributed by atoms with Crippen LogP contribution in [0.15, 0.2) is 64.6 Å². The Morgan fingerprint density at radius 2 is 1.71 bits per heavy atom. The average Bonchev–Trinajstić information content (AvgIpc) is 2.93. The summed E-state index contributed by atoms with van der Waals surface area (Å²) in [6.45, 7) is 1.31. The van der Waals surface area contributed by atoms with Crippen LogP contribution in [0.3, 0.4) is 0 Å². The van der Waals surface area contributed by atoms with Crippen LogP contribution in [0.25, 0.3) is 5.76 Å². The van der Waals surface area contributed by atoms with Crippen LogP contribution in [0, 0.1) is 0 Å². The third-order valence-corrected chi connectivity index (χ3v) is 5.36. The quantitative estimate of drug-likeness (QED) is 0.415. The largest absolute Gasteiger partial charge is 0.872 e. The van der Waals surface area contributed by atoms with E-state index in [1.165, 1.54) is 4.90 Å². The van der Waals surface area contributed by atoms with Gasteiger partial charge in [-0.3, -0.25) is 9.59 Å². The molecule has 6 heteroatoms. The van der Waals surface area contributed by atoms with E-state index in [4.69, 9.17) is 0 Å². The van der Waals surface area contributed by atoms with Gasteiger partial charge in [0.25, 0.3) is 5.91 Å². The van der Waals surface area contributed by atoms with Crippen molar-refractivity contribution in [2.45, 2.75) is 12.5 Å². The summed E-state index contributed by atoms with van der Waals surface area (Å²) in [6.07, 6.45) is 0.754. The van der Waals surface area contributed by atoms with Crippen LogP contribution in [0.4, 0.5) is 0 Å². The Morgan fingerprint density at radius 1 is 1.07 bits per heavy atom. The molecule has 146 valence electrons. The first-order valence-corrected chi connectivity index (χ1v) is 10.1. The van der Waals surface area contributed by atoms with Crippen molar-refractivity contribution < 1.29 is 19.6 Å². The Kier molecular flexibility index (Phi) is 6.31. The second-order valence-corrected chi connectivity index (χ2v) is 8.12. The summed E-state index contributed by atoms with van der Waals surface area (Å²) >= 11 is 3.35. The van der Waals surface area contributed by atoms with E-state index < -0.39 is 17.7 Å². The number of amides is 1. The second kappa shape index (κ2) is 8.71. The van der Waals surface area contributed by atoms with Crippen molar-refractivity contribution >= 4 is 33.4 Å². The molecular formula is C22H23BrN2O3. The van der Waals surface area contributed by atoms with Gasteiger partial charge in [-0.25, -0.2) is 0 Å². The van der Waals surface area contributed by atoms with Crippen LogP contribution in [-0.4, -0.2) is 43.8 Å². The van der Waals surface area contributed by atoms with E-state index in [0.29, 0.717) is 12.1 Å². The molecule has 1 aliphatic heterocycles. The molecule has 1 amide bonds. The van der Waals surface area contributed by atoms with E-state index in [9.17, 15) is 14.7 Å². The number of nitrogens with zero attached hydrogens (tertiary/aromatic N) is 1. The zero-order valence-corrected chi connectivity index (χ0v) is 17.5. The minimum absolute atomic E-state index is 0.0377. The zero-order valence-electron chi connectivity index (χ0n) is 15.9. The molecule has 1 unspecified atom stereocenters. The Bertz CT molecular complexity index is 892. The highest BCUT2D eigenvalue weighted by atomic mass is 79.9. The molecule has 0 saturated carbocycles. The number of quaternary nitrogens is 1. The fourth-order valence-corrected chi connectivity index (χ4v) is 3.71. The number of benzene rings is 2. The van der Waals surface area contributed by atoms with Crippen molar-refractivity contribution in [3.63, 3.8) is 0 Å². The zero-order chi connectivity index (χ0) is 20.3. The summed E-state index contributed by atoms with van der Waals surface area (Å²) in [6, 6.07) is 15.5. The third kappa shape index (κ3) is 4.18. The van der Waals surface area contributed by atoms with Gasteiger partial charge in [-0.2, -0.15) is 0 Å². The molecule has 1 atom stereocenters. The third-order valence-electron chi connectivity index (χ3n) is 4.83. The van der Waals surface area contributed by atoms with Gasteiger partial charge in [0.15, 0.2) is 0 Å². The lowest BCUT2D eigenvalue weighted by atomic mass is 9.95. The summed E-state index contributed by atoms with van der Waals surface area (Å²) < 4.78 is 0.843. The summed E-state index contributed by atoms with van der Waals surface area (Å²) in [5.41, 5.74) is 1.22. The van der Waals surface area contributed by atoms with E-state index in [2.05, 4.69) is 15.9 Å². The molecule has 1 saturated heterocycles. The number of carbonyl (C=O) groups excluding carboxylic acids is 2. The highest BCUT2D eigenvalue weighted by molar-refractivity contribution is 9.10. The Morgan fingerprint density at radius 3 is 2.32 bits per heavy atom. The van der Waals surface area contributed by atoms with Gasteiger partial charge < -0.3 is 14.9 Å². The number of likely N-dealkylation sites (tertiary alicyclic amines) is 1. The summed E-state index contributed by atoms with van der Waals surface area (Å²) in [5.74, 6) is -1.68. The maximum atomic E-state index is 13.2. The molecular weight excluding hydrogens is 420 g/mol. The normalized spacial score (nSPS) is 18.9. The Labute approximate surface area is 173 Å². The lowest BCUT2D eigenvalue weighted by Crippen LogP contribution is -3.05. The van der Waals surface area contributed by atoms with Crippen LogP contribution in [0.1, 0.15) is 23.6 Å². The number of halogens is 1. The fraction of sp³-hybridized carbons (Fsp3) is 0.273. The topological polar surface area (TPSA) is 64.9 Å². The van der Waals surface area contributed by atoms with Crippen molar-refractivity contribution in [3.8, 4) is 0 Å². The molecule has 1 aliphatic rings. The minimum atomic E-state index is -0.695. The number of ketones is 1. The molecule has 5 nitrogen and oxygen atoms in total. The van der Waals surface area contributed by atoms with Crippen molar-refractivity contribution in [2.24, 2.45) is 0 Å². The van der Waals surface area contributed by atoms with E-state index in [1.807, 2.05) is 44.4 Å². The molecule has 0 radical (unpaired) electrons. The first kappa shape index (κ1) is 20.3.